The fourth-order valence-electron chi connectivity index (χ4n) is 2.69. The first-order valence-electron chi connectivity index (χ1n) is 6.64. The van der Waals surface area contributed by atoms with Crippen molar-refractivity contribution in [2.24, 2.45) is 11.7 Å². The van der Waals surface area contributed by atoms with Crippen LogP contribution in [0.3, 0.4) is 0 Å². The Labute approximate surface area is 112 Å². The summed E-state index contributed by atoms with van der Waals surface area (Å²) in [6.45, 7) is 0.398. The van der Waals surface area contributed by atoms with E-state index in [9.17, 15) is 15.0 Å². The molecule has 2 rings (SSSR count). The number of hydrogen-bond acceptors (Lipinski definition) is 4. The standard InChI is InChI=1S/C14H20N2O3/c15-8-12(9-3-1-2-4-9)16-14(19)11-6-5-10(17)7-13(11)18/h5-7,9,12,17-18H,1-4,8,15H2,(H,16,19). The Balaban J connectivity index is 2.06. The Bertz CT molecular complexity index is 456. The Hall–Kier alpha value is -1.75. The minimum Gasteiger partial charge on any atom is -0.508 e. The first-order valence-corrected chi connectivity index (χ1v) is 6.64. The van der Waals surface area contributed by atoms with Gasteiger partial charge in [-0.3, -0.25) is 4.79 Å². The van der Waals surface area contributed by atoms with E-state index in [-0.39, 0.29) is 29.0 Å². The zero-order valence-corrected chi connectivity index (χ0v) is 10.8. The van der Waals surface area contributed by atoms with Gasteiger partial charge in [-0.05, 0) is 30.9 Å². The fourth-order valence-corrected chi connectivity index (χ4v) is 2.69. The molecule has 5 nitrogen and oxygen atoms in total. The number of amides is 1. The van der Waals surface area contributed by atoms with Crippen LogP contribution in [0, 0.1) is 5.92 Å². The van der Waals surface area contributed by atoms with Crippen LogP contribution in [-0.4, -0.2) is 28.7 Å². The maximum atomic E-state index is 12.1. The SMILES string of the molecule is NCC(NC(=O)c1ccc(O)cc1O)C1CCCC1. The van der Waals surface area contributed by atoms with Crippen molar-refractivity contribution in [3.63, 3.8) is 0 Å². The lowest BCUT2D eigenvalue weighted by molar-refractivity contribution is 0.0921. The maximum absolute atomic E-state index is 12.1. The zero-order valence-electron chi connectivity index (χ0n) is 10.8. The topological polar surface area (TPSA) is 95.6 Å². The van der Waals surface area contributed by atoms with Gasteiger partial charge < -0.3 is 21.3 Å². The van der Waals surface area contributed by atoms with E-state index in [2.05, 4.69) is 5.32 Å². The molecule has 104 valence electrons. The summed E-state index contributed by atoms with van der Waals surface area (Å²) in [7, 11) is 0. The average molecular weight is 264 g/mol. The monoisotopic (exact) mass is 264 g/mol. The van der Waals surface area contributed by atoms with Crippen molar-refractivity contribution in [3.05, 3.63) is 23.8 Å². The first kappa shape index (κ1) is 13.7. The van der Waals surface area contributed by atoms with E-state index in [1.807, 2.05) is 0 Å². The third-order valence-electron chi connectivity index (χ3n) is 3.77. The van der Waals surface area contributed by atoms with Crippen LogP contribution in [0.5, 0.6) is 11.5 Å². The van der Waals surface area contributed by atoms with Gasteiger partial charge in [0.15, 0.2) is 0 Å². The van der Waals surface area contributed by atoms with E-state index in [4.69, 9.17) is 5.73 Å². The summed E-state index contributed by atoms with van der Waals surface area (Å²) in [6.07, 6.45) is 4.54. The molecule has 0 aromatic heterocycles. The maximum Gasteiger partial charge on any atom is 0.255 e. The minimum atomic E-state index is -0.347. The first-order chi connectivity index (χ1) is 9.11. The van der Waals surface area contributed by atoms with Crippen LogP contribution >= 0.6 is 0 Å². The van der Waals surface area contributed by atoms with Crippen LogP contribution < -0.4 is 11.1 Å². The number of aromatic hydroxyl groups is 2. The number of nitrogens with two attached hydrogens (primary N) is 1. The molecule has 0 bridgehead atoms. The third-order valence-corrected chi connectivity index (χ3v) is 3.77. The van der Waals surface area contributed by atoms with E-state index >= 15 is 0 Å². The number of carbonyl (C=O) groups is 1. The van der Waals surface area contributed by atoms with Crippen molar-refractivity contribution >= 4 is 5.91 Å². The molecule has 0 spiro atoms. The zero-order chi connectivity index (χ0) is 13.8. The van der Waals surface area contributed by atoms with E-state index < -0.39 is 0 Å². The Morgan fingerprint density at radius 1 is 1.37 bits per heavy atom. The second-order valence-corrected chi connectivity index (χ2v) is 5.06. The molecule has 1 atom stereocenters. The van der Waals surface area contributed by atoms with Gasteiger partial charge in [-0.2, -0.15) is 0 Å². The highest BCUT2D eigenvalue weighted by Crippen LogP contribution is 2.28. The number of hydrogen-bond donors (Lipinski definition) is 4. The second-order valence-electron chi connectivity index (χ2n) is 5.06. The van der Waals surface area contributed by atoms with Crippen molar-refractivity contribution < 1.29 is 15.0 Å². The van der Waals surface area contributed by atoms with Crippen molar-refractivity contribution in [2.75, 3.05) is 6.54 Å². The summed E-state index contributed by atoms with van der Waals surface area (Å²) in [5, 5.41) is 21.7. The highest BCUT2D eigenvalue weighted by Gasteiger charge is 2.26. The quantitative estimate of drug-likeness (QED) is 0.660. The van der Waals surface area contributed by atoms with Gasteiger partial charge in [0.1, 0.15) is 11.5 Å². The van der Waals surface area contributed by atoms with Crippen LogP contribution in [-0.2, 0) is 0 Å². The molecule has 5 heteroatoms. The van der Waals surface area contributed by atoms with Crippen molar-refractivity contribution in [3.8, 4) is 11.5 Å². The van der Waals surface area contributed by atoms with Gasteiger partial charge in [0.2, 0.25) is 0 Å². The average Bonchev–Trinajstić information content (AvgIpc) is 2.89. The molecule has 0 heterocycles. The molecule has 1 aliphatic rings. The van der Waals surface area contributed by atoms with E-state index in [0.717, 1.165) is 18.9 Å². The minimum absolute atomic E-state index is 0.0526. The molecular weight excluding hydrogens is 244 g/mol. The lowest BCUT2D eigenvalue weighted by Gasteiger charge is -2.23. The molecule has 0 radical (unpaired) electrons. The van der Waals surface area contributed by atoms with Gasteiger partial charge in [-0.1, -0.05) is 12.8 Å². The predicted octanol–water partition coefficient (Wildman–Crippen LogP) is 1.35. The van der Waals surface area contributed by atoms with Gasteiger partial charge in [0.05, 0.1) is 5.56 Å². The molecule has 0 saturated heterocycles. The van der Waals surface area contributed by atoms with Crippen LogP contribution in [0.4, 0.5) is 0 Å². The number of nitrogens with one attached hydrogen (secondary N) is 1. The molecule has 1 aromatic carbocycles. The van der Waals surface area contributed by atoms with Crippen molar-refractivity contribution in [1.82, 2.24) is 5.32 Å². The van der Waals surface area contributed by atoms with Gasteiger partial charge in [0.25, 0.3) is 5.91 Å². The molecule has 1 saturated carbocycles. The molecule has 1 fully saturated rings. The molecule has 1 aromatic rings. The van der Waals surface area contributed by atoms with Crippen LogP contribution in [0.15, 0.2) is 18.2 Å². The summed E-state index contributed by atoms with van der Waals surface area (Å²) in [4.78, 5) is 12.1. The van der Waals surface area contributed by atoms with Crippen molar-refractivity contribution in [2.45, 2.75) is 31.7 Å². The summed E-state index contributed by atoms with van der Waals surface area (Å²) >= 11 is 0. The number of carbonyl (C=O) groups excluding carboxylic acids is 1. The van der Waals surface area contributed by atoms with Crippen LogP contribution in [0.1, 0.15) is 36.0 Å². The van der Waals surface area contributed by atoms with Crippen molar-refractivity contribution in [1.29, 1.82) is 0 Å². The van der Waals surface area contributed by atoms with Crippen LogP contribution in [0.25, 0.3) is 0 Å². The second kappa shape index (κ2) is 5.93. The molecule has 1 aliphatic carbocycles. The molecule has 1 amide bonds. The van der Waals surface area contributed by atoms with Crippen LogP contribution in [0.2, 0.25) is 0 Å². The molecule has 19 heavy (non-hydrogen) atoms. The van der Waals surface area contributed by atoms with Gasteiger partial charge in [-0.15, -0.1) is 0 Å². The van der Waals surface area contributed by atoms with E-state index in [0.29, 0.717) is 12.5 Å². The molecule has 0 aliphatic heterocycles. The summed E-state index contributed by atoms with van der Waals surface area (Å²) in [5.41, 5.74) is 5.89. The third kappa shape index (κ3) is 3.17. The van der Waals surface area contributed by atoms with E-state index in [1.54, 1.807) is 0 Å². The number of benzene rings is 1. The van der Waals surface area contributed by atoms with Gasteiger partial charge in [-0.25, -0.2) is 0 Å². The molecular formula is C14H20N2O3. The summed E-state index contributed by atoms with van der Waals surface area (Å²) in [6, 6.07) is 3.88. The predicted molar refractivity (Wildman–Crippen MR) is 72.0 cm³/mol. The fraction of sp³-hybridized carbons (Fsp3) is 0.500. The highest BCUT2D eigenvalue weighted by atomic mass is 16.3. The van der Waals surface area contributed by atoms with Gasteiger partial charge >= 0.3 is 0 Å². The highest BCUT2D eigenvalue weighted by molar-refractivity contribution is 5.97. The Kier molecular flexibility index (Phi) is 4.27. The Morgan fingerprint density at radius 3 is 2.63 bits per heavy atom. The normalized spacial score (nSPS) is 17.3. The summed E-state index contributed by atoms with van der Waals surface area (Å²) in [5.74, 6) is -0.215. The lowest BCUT2D eigenvalue weighted by Crippen LogP contribution is -2.44. The van der Waals surface area contributed by atoms with E-state index in [1.165, 1.54) is 25.0 Å². The summed E-state index contributed by atoms with van der Waals surface area (Å²) < 4.78 is 0. The Morgan fingerprint density at radius 2 is 2.05 bits per heavy atom. The number of rotatable bonds is 4. The lowest BCUT2D eigenvalue weighted by atomic mass is 9.97. The number of phenols is 2. The van der Waals surface area contributed by atoms with Gasteiger partial charge in [0, 0.05) is 18.7 Å². The molecule has 5 N–H and O–H groups in total. The largest absolute Gasteiger partial charge is 0.508 e. The smallest absolute Gasteiger partial charge is 0.255 e. The number of phenolic OH excluding ortho intramolecular Hbond substituents is 2. The molecule has 1 unspecified atom stereocenters.